The Morgan fingerprint density at radius 2 is 1.66 bits per heavy atom. The predicted octanol–water partition coefficient (Wildman–Crippen LogP) is 6.21. The van der Waals surface area contributed by atoms with Crippen LogP contribution in [0.1, 0.15) is 56.9 Å². The smallest absolute Gasteiger partial charge is 0.408 e. The van der Waals surface area contributed by atoms with Crippen LogP contribution in [0.25, 0.3) is 33.6 Å². The number of amides is 1. The Kier molecular flexibility index (Phi) is 6.53. The fourth-order valence-electron chi connectivity index (χ4n) is 5.82. The molecule has 212 valence electrons. The highest BCUT2D eigenvalue weighted by Crippen LogP contribution is 2.44. The number of nitrogens with zero attached hydrogens (tertiary/aromatic N) is 2. The molecule has 8 nitrogen and oxygen atoms in total. The maximum absolute atomic E-state index is 12.6. The van der Waals surface area contributed by atoms with Gasteiger partial charge in [0.1, 0.15) is 5.60 Å². The lowest BCUT2D eigenvalue weighted by molar-refractivity contribution is 0.0377. The number of aromatic amines is 1. The van der Waals surface area contributed by atoms with Crippen molar-refractivity contribution in [1.29, 1.82) is 0 Å². The number of aromatic nitrogens is 3. The topological polar surface area (TPSA) is 114 Å². The third kappa shape index (κ3) is 5.14. The molecule has 9 heteroatoms. The van der Waals surface area contributed by atoms with E-state index in [-0.39, 0.29) is 5.03 Å². The molecule has 0 bridgehead atoms. The molecule has 0 spiro atoms. The molecule has 2 aliphatic carbocycles. The van der Waals surface area contributed by atoms with E-state index in [9.17, 15) is 13.2 Å². The van der Waals surface area contributed by atoms with Crippen LogP contribution >= 0.6 is 0 Å². The number of ether oxygens (including phenoxy) is 1. The lowest BCUT2D eigenvalue weighted by atomic mass is 9.71. The van der Waals surface area contributed by atoms with Crippen molar-refractivity contribution in [1.82, 2.24) is 20.5 Å². The summed E-state index contributed by atoms with van der Waals surface area (Å²) >= 11 is 0. The van der Waals surface area contributed by atoms with Crippen molar-refractivity contribution >= 4 is 15.9 Å². The van der Waals surface area contributed by atoms with Crippen molar-refractivity contribution in [2.24, 2.45) is 0 Å². The number of hydrogen-bond donors (Lipinski definition) is 2. The summed E-state index contributed by atoms with van der Waals surface area (Å²) in [6.07, 6.45) is 4.73. The number of hydrogen-bond acceptors (Lipinski definition) is 6. The molecular weight excluding hydrogens is 536 g/mol. The Labute approximate surface area is 240 Å². The van der Waals surface area contributed by atoms with Gasteiger partial charge in [-0.2, -0.15) is 5.10 Å². The molecule has 6 rings (SSSR count). The van der Waals surface area contributed by atoms with E-state index >= 15 is 0 Å². The van der Waals surface area contributed by atoms with E-state index in [1.807, 2.05) is 51.1 Å². The molecule has 2 heterocycles. The molecule has 0 radical (unpaired) electrons. The van der Waals surface area contributed by atoms with E-state index < -0.39 is 27.1 Å². The number of aryl methyl sites for hydroxylation is 1. The minimum atomic E-state index is -3.42. The largest absolute Gasteiger partial charge is 0.444 e. The molecule has 0 unspecified atom stereocenters. The lowest BCUT2D eigenvalue weighted by Gasteiger charge is -2.43. The van der Waals surface area contributed by atoms with E-state index in [0.29, 0.717) is 18.5 Å². The Morgan fingerprint density at radius 1 is 0.951 bits per heavy atom. The predicted molar refractivity (Wildman–Crippen MR) is 158 cm³/mol. The number of alkyl carbamates (subject to hydrolysis) is 1. The van der Waals surface area contributed by atoms with Gasteiger partial charge >= 0.3 is 6.09 Å². The van der Waals surface area contributed by atoms with Gasteiger partial charge in [0.15, 0.2) is 14.9 Å². The number of H-pyrrole nitrogens is 1. The van der Waals surface area contributed by atoms with Gasteiger partial charge in [0.05, 0.1) is 22.6 Å². The van der Waals surface area contributed by atoms with Crippen molar-refractivity contribution in [2.45, 2.75) is 69.0 Å². The Morgan fingerprint density at radius 3 is 2.27 bits per heavy atom. The fraction of sp³-hybridized carbons (Fsp3) is 0.344. The van der Waals surface area contributed by atoms with Gasteiger partial charge in [0, 0.05) is 28.5 Å². The molecule has 0 atom stereocenters. The zero-order valence-electron chi connectivity index (χ0n) is 23.7. The molecule has 2 aliphatic rings. The van der Waals surface area contributed by atoms with Gasteiger partial charge in [-0.15, -0.1) is 0 Å². The van der Waals surface area contributed by atoms with Gasteiger partial charge in [-0.25, -0.2) is 13.2 Å². The van der Waals surface area contributed by atoms with Crippen LogP contribution in [0.5, 0.6) is 0 Å². The molecule has 0 saturated heterocycles. The fourth-order valence-corrected chi connectivity index (χ4v) is 6.68. The van der Waals surface area contributed by atoms with Crippen molar-refractivity contribution in [2.75, 3.05) is 6.26 Å². The zero-order chi connectivity index (χ0) is 29.0. The number of carbonyl (C=O) groups is 1. The van der Waals surface area contributed by atoms with Crippen LogP contribution in [0.2, 0.25) is 0 Å². The number of benzene rings is 2. The van der Waals surface area contributed by atoms with Crippen molar-refractivity contribution < 1.29 is 17.9 Å². The average molecular weight is 571 g/mol. The Hall–Kier alpha value is -3.98. The van der Waals surface area contributed by atoms with Crippen LogP contribution in [-0.4, -0.2) is 41.5 Å². The highest BCUT2D eigenvalue weighted by Gasteiger charge is 2.41. The van der Waals surface area contributed by atoms with Gasteiger partial charge in [-0.3, -0.25) is 10.1 Å². The molecule has 2 N–H and O–H groups in total. The van der Waals surface area contributed by atoms with Gasteiger partial charge in [-0.1, -0.05) is 54.6 Å². The summed E-state index contributed by atoms with van der Waals surface area (Å²) in [6.45, 7) is 5.59. The second kappa shape index (κ2) is 9.83. The van der Waals surface area contributed by atoms with Crippen molar-refractivity contribution in [3.8, 4) is 33.6 Å². The van der Waals surface area contributed by atoms with Crippen LogP contribution in [0.4, 0.5) is 4.79 Å². The summed E-state index contributed by atoms with van der Waals surface area (Å²) in [5.74, 6) is 0. The number of pyridine rings is 1. The lowest BCUT2D eigenvalue weighted by Crippen LogP contribution is -2.52. The SMILES string of the molecule is CC(C)(C)OC(=O)NC1(c2ccc(-c3nc4c(cc3-c3ccccc3)-c3n[nH]c(S(C)(=O)=O)c3CC4)cc2)CCC1. The van der Waals surface area contributed by atoms with Gasteiger partial charge in [-0.05, 0) is 70.1 Å². The van der Waals surface area contributed by atoms with E-state index in [4.69, 9.17) is 9.72 Å². The molecule has 41 heavy (non-hydrogen) atoms. The first-order chi connectivity index (χ1) is 19.4. The maximum atomic E-state index is 12.6. The number of fused-ring (bicyclic) bond motifs is 3. The number of rotatable bonds is 5. The third-order valence-corrected chi connectivity index (χ3v) is 8.99. The van der Waals surface area contributed by atoms with Gasteiger partial charge in [0.25, 0.3) is 0 Å². The van der Waals surface area contributed by atoms with Crippen LogP contribution in [0, 0.1) is 0 Å². The first kappa shape index (κ1) is 27.2. The third-order valence-electron chi connectivity index (χ3n) is 7.91. The summed E-state index contributed by atoms with van der Waals surface area (Å²) < 4.78 is 30.2. The molecule has 2 aromatic carbocycles. The van der Waals surface area contributed by atoms with Gasteiger partial charge < -0.3 is 10.1 Å². The summed E-state index contributed by atoms with van der Waals surface area (Å²) in [5.41, 5.74) is 6.95. The van der Waals surface area contributed by atoms with E-state index in [1.54, 1.807) is 0 Å². The molecule has 1 saturated carbocycles. The van der Waals surface area contributed by atoms with Crippen molar-refractivity contribution in [3.05, 3.63) is 77.5 Å². The monoisotopic (exact) mass is 570 g/mol. The molecule has 2 aromatic heterocycles. The van der Waals surface area contributed by atoms with E-state index in [2.05, 4.69) is 45.8 Å². The summed E-state index contributed by atoms with van der Waals surface area (Å²) in [5, 5.41) is 10.5. The summed E-state index contributed by atoms with van der Waals surface area (Å²) in [6, 6.07) is 20.4. The van der Waals surface area contributed by atoms with Crippen LogP contribution < -0.4 is 5.32 Å². The minimum absolute atomic E-state index is 0.184. The highest BCUT2D eigenvalue weighted by molar-refractivity contribution is 7.90. The second-order valence-corrected chi connectivity index (χ2v) is 14.0. The number of nitrogens with one attached hydrogen (secondary N) is 2. The zero-order valence-corrected chi connectivity index (χ0v) is 24.6. The van der Waals surface area contributed by atoms with Crippen LogP contribution in [0.3, 0.4) is 0 Å². The second-order valence-electron chi connectivity index (χ2n) is 12.0. The molecule has 4 aromatic rings. The average Bonchev–Trinajstić information content (AvgIpc) is 3.35. The maximum Gasteiger partial charge on any atom is 0.408 e. The first-order valence-corrected chi connectivity index (χ1v) is 15.8. The van der Waals surface area contributed by atoms with Crippen LogP contribution in [0.15, 0.2) is 65.7 Å². The molecule has 1 amide bonds. The van der Waals surface area contributed by atoms with Crippen molar-refractivity contribution in [3.63, 3.8) is 0 Å². The Bertz CT molecular complexity index is 1730. The normalized spacial score (nSPS) is 15.8. The first-order valence-electron chi connectivity index (χ1n) is 13.9. The summed E-state index contributed by atoms with van der Waals surface area (Å²) in [4.78, 5) is 17.8. The highest BCUT2D eigenvalue weighted by atomic mass is 32.2. The van der Waals surface area contributed by atoms with E-state index in [0.717, 1.165) is 64.0 Å². The van der Waals surface area contributed by atoms with Crippen LogP contribution in [-0.2, 0) is 33.0 Å². The molecule has 1 fully saturated rings. The molecule has 0 aliphatic heterocycles. The standard InChI is InChI=1S/C32H34N4O4S/c1-31(2,3)40-30(37)34-32(17-8-18-32)22-13-11-21(12-14-22)27-24(20-9-6-5-7-10-20)19-25-26(33-27)16-15-23-28(25)35-36-29(23)41(4,38)39/h5-7,9-14,19H,8,15-18H2,1-4H3,(H,34,37)(H,35,36). The number of sulfone groups is 1. The number of carbonyl (C=O) groups excluding carboxylic acids is 1. The Balaban J connectivity index is 1.40. The van der Waals surface area contributed by atoms with Gasteiger partial charge in [0.2, 0.25) is 0 Å². The van der Waals surface area contributed by atoms with E-state index in [1.165, 1.54) is 6.26 Å². The molecular formula is C32H34N4O4S. The summed E-state index contributed by atoms with van der Waals surface area (Å²) in [7, 11) is -3.42. The minimum Gasteiger partial charge on any atom is -0.444 e. The quantitative estimate of drug-likeness (QED) is 0.295.